The van der Waals surface area contributed by atoms with Gasteiger partial charge in [0.2, 0.25) is 0 Å². The number of carbonyl (C=O) groups is 2. The highest BCUT2D eigenvalue weighted by molar-refractivity contribution is 5.92. The summed E-state index contributed by atoms with van der Waals surface area (Å²) in [6.07, 6.45) is 1.16. The number of benzene rings is 1. The summed E-state index contributed by atoms with van der Waals surface area (Å²) in [4.78, 5) is 23.3. The van der Waals surface area contributed by atoms with Crippen LogP contribution in [0.15, 0.2) is 36.1 Å². The average molecular weight is 287 g/mol. The number of aliphatic carboxylic acids is 1. The van der Waals surface area contributed by atoms with E-state index in [2.05, 4.69) is 0 Å². The normalized spacial score (nSPS) is 17.5. The van der Waals surface area contributed by atoms with Crippen molar-refractivity contribution < 1.29 is 24.2 Å². The fraction of sp³-hybridized carbons (Fsp3) is 0.267. The Hall–Kier alpha value is -2.81. The van der Waals surface area contributed by atoms with E-state index in [0.717, 1.165) is 6.26 Å². The first-order valence-corrected chi connectivity index (χ1v) is 6.35. The van der Waals surface area contributed by atoms with Crippen molar-refractivity contribution >= 4 is 11.9 Å². The van der Waals surface area contributed by atoms with Crippen molar-refractivity contribution in [3.8, 4) is 11.8 Å². The number of nitrogens with zero attached hydrogens (tertiary/aromatic N) is 1. The molecule has 1 aromatic rings. The molecule has 1 heterocycles. The van der Waals surface area contributed by atoms with Gasteiger partial charge < -0.3 is 14.6 Å². The summed E-state index contributed by atoms with van der Waals surface area (Å²) in [6.45, 7) is 1.79. The van der Waals surface area contributed by atoms with Crippen LogP contribution in [0.2, 0.25) is 0 Å². The number of esters is 1. The second-order valence-electron chi connectivity index (χ2n) is 4.37. The molecule has 2 atom stereocenters. The minimum atomic E-state index is -1.40. The zero-order valence-corrected chi connectivity index (χ0v) is 11.3. The van der Waals surface area contributed by atoms with E-state index < -0.39 is 23.8 Å². The van der Waals surface area contributed by atoms with E-state index in [0.29, 0.717) is 11.3 Å². The lowest BCUT2D eigenvalue weighted by molar-refractivity contribution is -0.141. The Labute approximate surface area is 121 Å². The van der Waals surface area contributed by atoms with Crippen LogP contribution in [0.25, 0.3) is 0 Å². The third kappa shape index (κ3) is 2.72. The molecule has 6 nitrogen and oxygen atoms in total. The number of fused-ring (bicyclic) bond motifs is 1. The number of carbonyl (C=O) groups excluding carboxylic acids is 1. The van der Waals surface area contributed by atoms with Crippen molar-refractivity contribution in [3.05, 3.63) is 41.7 Å². The predicted molar refractivity (Wildman–Crippen MR) is 71.3 cm³/mol. The summed E-state index contributed by atoms with van der Waals surface area (Å²) in [5.41, 5.74) is 0.515. The van der Waals surface area contributed by atoms with Gasteiger partial charge in [0.1, 0.15) is 12.0 Å². The minimum absolute atomic E-state index is 0.0319. The summed E-state index contributed by atoms with van der Waals surface area (Å²) < 4.78 is 10.3. The summed E-state index contributed by atoms with van der Waals surface area (Å²) >= 11 is 0. The first kappa shape index (κ1) is 14.6. The van der Waals surface area contributed by atoms with E-state index in [4.69, 9.17) is 14.7 Å². The summed E-state index contributed by atoms with van der Waals surface area (Å²) in [5, 5.41) is 18.4. The lowest BCUT2D eigenvalue weighted by Crippen LogP contribution is -2.28. The third-order valence-corrected chi connectivity index (χ3v) is 3.15. The van der Waals surface area contributed by atoms with E-state index in [1.807, 2.05) is 0 Å². The molecular weight excluding hydrogens is 274 g/mol. The Balaban J connectivity index is 2.52. The number of carboxylic acid groups (broad SMARTS) is 1. The van der Waals surface area contributed by atoms with E-state index >= 15 is 0 Å². The molecule has 6 heteroatoms. The molecule has 0 amide bonds. The fourth-order valence-electron chi connectivity index (χ4n) is 2.23. The van der Waals surface area contributed by atoms with Crippen LogP contribution < -0.4 is 4.74 Å². The first-order chi connectivity index (χ1) is 10.1. The average Bonchev–Trinajstić information content (AvgIpc) is 2.48. The molecule has 0 aliphatic carbocycles. The van der Waals surface area contributed by atoms with Gasteiger partial charge in [-0.1, -0.05) is 18.2 Å². The molecule has 0 saturated carbocycles. The number of rotatable bonds is 4. The summed E-state index contributed by atoms with van der Waals surface area (Å²) in [7, 11) is 0. The summed E-state index contributed by atoms with van der Waals surface area (Å²) in [6, 6.07) is 8.44. The van der Waals surface area contributed by atoms with E-state index in [1.165, 1.54) is 0 Å². The number of nitriles is 1. The van der Waals surface area contributed by atoms with Crippen molar-refractivity contribution in [2.24, 2.45) is 5.92 Å². The van der Waals surface area contributed by atoms with Gasteiger partial charge in [-0.25, -0.2) is 4.79 Å². The van der Waals surface area contributed by atoms with Crippen LogP contribution in [0.3, 0.4) is 0 Å². The Bertz CT molecular complexity index is 644. The molecule has 0 radical (unpaired) electrons. The van der Waals surface area contributed by atoms with Gasteiger partial charge in [0.15, 0.2) is 5.92 Å². The van der Waals surface area contributed by atoms with Gasteiger partial charge in [-0.2, -0.15) is 5.26 Å². The molecule has 0 aromatic heterocycles. The van der Waals surface area contributed by atoms with Crippen LogP contribution in [0.5, 0.6) is 5.75 Å². The molecule has 1 N–H and O–H groups in total. The highest BCUT2D eigenvalue weighted by Crippen LogP contribution is 2.41. The van der Waals surface area contributed by atoms with Gasteiger partial charge in [0.25, 0.3) is 0 Å². The Kier molecular flexibility index (Phi) is 4.24. The van der Waals surface area contributed by atoms with Gasteiger partial charge in [0, 0.05) is 11.5 Å². The van der Waals surface area contributed by atoms with Gasteiger partial charge in [-0.05, 0) is 13.0 Å². The first-order valence-electron chi connectivity index (χ1n) is 6.35. The molecule has 1 aliphatic rings. The lowest BCUT2D eigenvalue weighted by Gasteiger charge is -2.26. The monoisotopic (exact) mass is 287 g/mol. The van der Waals surface area contributed by atoms with Crippen LogP contribution in [0.1, 0.15) is 18.4 Å². The molecule has 2 unspecified atom stereocenters. The molecule has 0 bridgehead atoms. The van der Waals surface area contributed by atoms with Crippen LogP contribution in [-0.4, -0.2) is 23.7 Å². The molecule has 0 fully saturated rings. The topological polar surface area (TPSA) is 96.6 Å². The molecule has 0 saturated heterocycles. The highest BCUT2D eigenvalue weighted by Gasteiger charge is 2.40. The third-order valence-electron chi connectivity index (χ3n) is 3.15. The van der Waals surface area contributed by atoms with E-state index in [-0.39, 0.29) is 12.2 Å². The van der Waals surface area contributed by atoms with Crippen molar-refractivity contribution in [3.63, 3.8) is 0 Å². The SMILES string of the molecule is CCOC(=O)C1=COc2ccccc2C1C(C#N)C(=O)O. The second kappa shape index (κ2) is 6.09. The molecule has 0 spiro atoms. The number of ether oxygens (including phenoxy) is 2. The molecule has 2 rings (SSSR count). The molecule has 1 aromatic carbocycles. The maximum atomic E-state index is 12.0. The minimum Gasteiger partial charge on any atom is -0.480 e. The Morgan fingerprint density at radius 1 is 1.48 bits per heavy atom. The fourth-order valence-corrected chi connectivity index (χ4v) is 2.23. The van der Waals surface area contributed by atoms with Gasteiger partial charge in [-0.15, -0.1) is 0 Å². The van der Waals surface area contributed by atoms with Gasteiger partial charge in [0.05, 0.1) is 18.2 Å². The number of carboxylic acids is 1. The largest absolute Gasteiger partial charge is 0.480 e. The zero-order valence-electron chi connectivity index (χ0n) is 11.3. The number of hydrogen-bond acceptors (Lipinski definition) is 5. The Morgan fingerprint density at radius 3 is 2.81 bits per heavy atom. The van der Waals surface area contributed by atoms with Crippen molar-refractivity contribution in [1.82, 2.24) is 0 Å². The molecular formula is C15H13NO5. The second-order valence-corrected chi connectivity index (χ2v) is 4.37. The number of para-hydroxylation sites is 1. The van der Waals surface area contributed by atoms with Crippen molar-refractivity contribution in [2.75, 3.05) is 6.61 Å². The lowest BCUT2D eigenvalue weighted by atomic mass is 9.80. The molecule has 1 aliphatic heterocycles. The van der Waals surface area contributed by atoms with E-state index in [1.54, 1.807) is 37.3 Å². The highest BCUT2D eigenvalue weighted by atomic mass is 16.5. The zero-order chi connectivity index (χ0) is 15.4. The van der Waals surface area contributed by atoms with Gasteiger partial charge in [-0.3, -0.25) is 4.79 Å². The van der Waals surface area contributed by atoms with Crippen LogP contribution in [-0.2, 0) is 14.3 Å². The maximum Gasteiger partial charge on any atom is 0.337 e. The predicted octanol–water partition coefficient (Wildman–Crippen LogP) is 1.83. The van der Waals surface area contributed by atoms with Crippen LogP contribution in [0.4, 0.5) is 0 Å². The standard InChI is InChI=1S/C15H13NO5/c1-2-20-15(19)11-8-21-12-6-4-3-5-9(12)13(11)10(7-16)14(17)18/h3-6,8,10,13H,2H2,1H3,(H,17,18). The molecule has 108 valence electrons. The molecule has 21 heavy (non-hydrogen) atoms. The quantitative estimate of drug-likeness (QED) is 0.849. The van der Waals surface area contributed by atoms with Crippen LogP contribution >= 0.6 is 0 Å². The van der Waals surface area contributed by atoms with Crippen molar-refractivity contribution in [2.45, 2.75) is 12.8 Å². The van der Waals surface area contributed by atoms with E-state index in [9.17, 15) is 14.7 Å². The summed E-state index contributed by atoms with van der Waals surface area (Å²) in [5.74, 6) is -3.87. The van der Waals surface area contributed by atoms with Crippen LogP contribution in [0, 0.1) is 17.2 Å². The smallest absolute Gasteiger partial charge is 0.337 e. The number of hydrogen-bond donors (Lipinski definition) is 1. The van der Waals surface area contributed by atoms with Gasteiger partial charge >= 0.3 is 11.9 Å². The maximum absolute atomic E-state index is 12.0. The Morgan fingerprint density at radius 2 is 2.19 bits per heavy atom. The van der Waals surface area contributed by atoms with Crippen molar-refractivity contribution in [1.29, 1.82) is 5.26 Å².